The summed E-state index contributed by atoms with van der Waals surface area (Å²) in [5.41, 5.74) is 3.47. The number of para-hydroxylation sites is 1. The number of carbonyl (C=O) groups excluding carboxylic acids is 1. The van der Waals surface area contributed by atoms with Crippen molar-refractivity contribution in [3.05, 3.63) is 95.6 Å². The normalized spacial score (nSPS) is 17.1. The van der Waals surface area contributed by atoms with Gasteiger partial charge in [0.2, 0.25) is 0 Å². The molecule has 0 unspecified atom stereocenters. The number of aryl methyl sites for hydroxylation is 2. The van der Waals surface area contributed by atoms with Gasteiger partial charge in [-0.15, -0.1) is 0 Å². The van der Waals surface area contributed by atoms with Gasteiger partial charge in [0.25, 0.3) is 0 Å². The maximum atomic E-state index is 12.6. The highest BCUT2D eigenvalue weighted by Crippen LogP contribution is 2.26. The van der Waals surface area contributed by atoms with Crippen LogP contribution in [-0.2, 0) is 28.9 Å². The fraction of sp³-hybridized carbons (Fsp3) is 0.367. The molecule has 0 aromatic heterocycles. The molecule has 0 N–H and O–H groups in total. The van der Waals surface area contributed by atoms with E-state index in [0.29, 0.717) is 32.8 Å². The van der Waals surface area contributed by atoms with Crippen LogP contribution in [-0.4, -0.2) is 50.0 Å². The standard InChI is InChI=1S/C30H35NO5/c1-3-34-30(32)31-20-28(35-21-24-10-5-4-6-11-24)19-26(31)22-36-29-15-8-7-13-25(29)17-16-23-12-9-14-27(18-23)33-2/h4-15,18,26,28H,3,16-17,19-22H2,1-2H3/t26-,28+/m0/s1. The van der Waals surface area contributed by atoms with Crippen LogP contribution in [0.3, 0.4) is 0 Å². The van der Waals surface area contributed by atoms with Gasteiger partial charge in [0.1, 0.15) is 18.1 Å². The van der Waals surface area contributed by atoms with Crippen LogP contribution in [0.2, 0.25) is 0 Å². The zero-order valence-corrected chi connectivity index (χ0v) is 21.1. The molecule has 1 fully saturated rings. The molecule has 1 saturated heterocycles. The number of hydrogen-bond donors (Lipinski definition) is 0. The second kappa shape index (κ2) is 13.0. The largest absolute Gasteiger partial charge is 0.497 e. The Morgan fingerprint density at radius 3 is 2.53 bits per heavy atom. The minimum Gasteiger partial charge on any atom is -0.497 e. The Hall–Kier alpha value is -3.51. The molecule has 0 radical (unpaired) electrons. The lowest BCUT2D eigenvalue weighted by atomic mass is 10.0. The summed E-state index contributed by atoms with van der Waals surface area (Å²) in [4.78, 5) is 14.4. The molecule has 36 heavy (non-hydrogen) atoms. The Labute approximate surface area is 213 Å². The van der Waals surface area contributed by atoms with Gasteiger partial charge in [0, 0.05) is 0 Å². The molecule has 2 atom stereocenters. The minimum absolute atomic E-state index is 0.0634. The first-order valence-electron chi connectivity index (χ1n) is 12.6. The van der Waals surface area contributed by atoms with E-state index in [0.717, 1.165) is 35.5 Å². The predicted molar refractivity (Wildman–Crippen MR) is 139 cm³/mol. The lowest BCUT2D eigenvalue weighted by Gasteiger charge is -2.24. The Balaban J connectivity index is 1.37. The van der Waals surface area contributed by atoms with Crippen LogP contribution in [0.5, 0.6) is 11.5 Å². The van der Waals surface area contributed by atoms with Crippen LogP contribution in [0, 0.1) is 0 Å². The van der Waals surface area contributed by atoms with Crippen molar-refractivity contribution < 1.29 is 23.7 Å². The van der Waals surface area contributed by atoms with Crippen molar-refractivity contribution in [1.29, 1.82) is 0 Å². The predicted octanol–water partition coefficient (Wildman–Crippen LogP) is 5.68. The molecule has 1 heterocycles. The monoisotopic (exact) mass is 489 g/mol. The molecule has 190 valence electrons. The molecule has 0 bridgehead atoms. The fourth-order valence-corrected chi connectivity index (χ4v) is 4.51. The molecule has 0 saturated carbocycles. The number of nitrogens with zero attached hydrogens (tertiary/aromatic N) is 1. The molecule has 0 aliphatic carbocycles. The molecule has 1 aliphatic heterocycles. The average Bonchev–Trinajstić information content (AvgIpc) is 3.34. The quantitative estimate of drug-likeness (QED) is 0.347. The Morgan fingerprint density at radius 1 is 0.944 bits per heavy atom. The Kier molecular flexibility index (Phi) is 9.22. The van der Waals surface area contributed by atoms with Crippen molar-refractivity contribution in [2.75, 3.05) is 26.9 Å². The molecule has 3 aromatic carbocycles. The van der Waals surface area contributed by atoms with Crippen LogP contribution >= 0.6 is 0 Å². The van der Waals surface area contributed by atoms with E-state index in [1.165, 1.54) is 5.56 Å². The van der Waals surface area contributed by atoms with E-state index in [9.17, 15) is 4.79 Å². The van der Waals surface area contributed by atoms with Gasteiger partial charge in [-0.2, -0.15) is 0 Å². The van der Waals surface area contributed by atoms with Crippen LogP contribution in [0.4, 0.5) is 4.79 Å². The van der Waals surface area contributed by atoms with Crippen LogP contribution in [0.25, 0.3) is 0 Å². The summed E-state index contributed by atoms with van der Waals surface area (Å²) in [7, 11) is 1.68. The summed E-state index contributed by atoms with van der Waals surface area (Å²) >= 11 is 0. The first-order valence-corrected chi connectivity index (χ1v) is 12.6. The van der Waals surface area contributed by atoms with E-state index in [2.05, 4.69) is 18.2 Å². The SMILES string of the molecule is CCOC(=O)N1C[C@H](OCc2ccccc2)C[C@H]1COc1ccccc1CCc1cccc(OC)c1. The smallest absolute Gasteiger partial charge is 0.410 e. The summed E-state index contributed by atoms with van der Waals surface area (Å²) in [6.45, 7) is 3.56. The van der Waals surface area contributed by atoms with Crippen molar-refractivity contribution in [3.8, 4) is 11.5 Å². The summed E-state index contributed by atoms with van der Waals surface area (Å²) in [5, 5.41) is 0. The molecule has 4 rings (SSSR count). The molecule has 1 aliphatic rings. The molecule has 1 amide bonds. The lowest BCUT2D eigenvalue weighted by molar-refractivity contribution is 0.0442. The number of likely N-dealkylation sites (tertiary alicyclic amines) is 1. The zero-order chi connectivity index (χ0) is 25.2. The maximum Gasteiger partial charge on any atom is 0.410 e. The zero-order valence-electron chi connectivity index (χ0n) is 21.1. The van der Waals surface area contributed by atoms with Gasteiger partial charge in [-0.05, 0) is 61.1 Å². The van der Waals surface area contributed by atoms with Gasteiger partial charge in [-0.1, -0.05) is 60.7 Å². The van der Waals surface area contributed by atoms with Crippen molar-refractivity contribution in [2.24, 2.45) is 0 Å². The summed E-state index contributed by atoms with van der Waals surface area (Å²) < 4.78 is 23.1. The van der Waals surface area contributed by atoms with Crippen molar-refractivity contribution in [3.63, 3.8) is 0 Å². The van der Waals surface area contributed by atoms with E-state index < -0.39 is 0 Å². The summed E-state index contributed by atoms with van der Waals surface area (Å²) in [6.07, 6.45) is 2.05. The van der Waals surface area contributed by atoms with E-state index in [4.69, 9.17) is 18.9 Å². The van der Waals surface area contributed by atoms with Crippen molar-refractivity contribution in [2.45, 2.75) is 44.9 Å². The van der Waals surface area contributed by atoms with Crippen LogP contribution in [0.15, 0.2) is 78.9 Å². The highest BCUT2D eigenvalue weighted by Gasteiger charge is 2.37. The molecular weight excluding hydrogens is 454 g/mol. The number of methoxy groups -OCH3 is 1. The summed E-state index contributed by atoms with van der Waals surface area (Å²) in [6, 6.07) is 26.2. The second-order valence-electron chi connectivity index (χ2n) is 8.93. The highest BCUT2D eigenvalue weighted by molar-refractivity contribution is 5.68. The van der Waals surface area contributed by atoms with Gasteiger partial charge < -0.3 is 18.9 Å². The number of ether oxygens (including phenoxy) is 4. The van der Waals surface area contributed by atoms with E-state index >= 15 is 0 Å². The van der Waals surface area contributed by atoms with Gasteiger partial charge >= 0.3 is 6.09 Å². The Morgan fingerprint density at radius 2 is 1.72 bits per heavy atom. The highest BCUT2D eigenvalue weighted by atomic mass is 16.6. The molecule has 3 aromatic rings. The second-order valence-corrected chi connectivity index (χ2v) is 8.93. The number of hydrogen-bond acceptors (Lipinski definition) is 5. The first-order chi connectivity index (χ1) is 17.7. The molecule has 6 heteroatoms. The van der Waals surface area contributed by atoms with Gasteiger partial charge in [0.15, 0.2) is 0 Å². The van der Waals surface area contributed by atoms with Crippen molar-refractivity contribution >= 4 is 6.09 Å². The molecule has 6 nitrogen and oxygen atoms in total. The van der Waals surface area contributed by atoms with E-state index in [-0.39, 0.29) is 18.2 Å². The third-order valence-corrected chi connectivity index (χ3v) is 6.43. The fourth-order valence-electron chi connectivity index (χ4n) is 4.51. The summed E-state index contributed by atoms with van der Waals surface area (Å²) in [5.74, 6) is 1.71. The van der Waals surface area contributed by atoms with Gasteiger partial charge in [0.05, 0.1) is 39.0 Å². The molecule has 0 spiro atoms. The van der Waals surface area contributed by atoms with Crippen LogP contribution in [0.1, 0.15) is 30.0 Å². The first kappa shape index (κ1) is 25.6. The minimum atomic E-state index is -0.316. The van der Waals surface area contributed by atoms with Crippen LogP contribution < -0.4 is 9.47 Å². The van der Waals surface area contributed by atoms with E-state index in [1.54, 1.807) is 12.0 Å². The topological polar surface area (TPSA) is 57.2 Å². The number of carbonyl (C=O) groups is 1. The number of amides is 1. The maximum absolute atomic E-state index is 12.6. The number of rotatable bonds is 11. The number of benzene rings is 3. The van der Waals surface area contributed by atoms with E-state index in [1.807, 2.05) is 67.6 Å². The average molecular weight is 490 g/mol. The molecular formula is C30H35NO5. The van der Waals surface area contributed by atoms with Gasteiger partial charge in [-0.25, -0.2) is 4.79 Å². The Bertz CT molecular complexity index is 1100. The lowest BCUT2D eigenvalue weighted by Crippen LogP contribution is -2.39. The third kappa shape index (κ3) is 7.01. The van der Waals surface area contributed by atoms with Crippen molar-refractivity contribution in [1.82, 2.24) is 4.90 Å². The third-order valence-electron chi connectivity index (χ3n) is 6.43. The van der Waals surface area contributed by atoms with Gasteiger partial charge in [-0.3, -0.25) is 4.90 Å².